The van der Waals surface area contributed by atoms with Crippen molar-refractivity contribution < 1.29 is 0 Å². The standard InChI is InChI=1S/C25H25N3/c1-18-10-12-19(13-11-18)23-26-27-24(28(23)22-8-6-5-7-9-22)20-14-16-21(17-15-20)25(2,3)4/h5-17H,1-4H3. The number of hydrogen-bond acceptors (Lipinski definition) is 2. The summed E-state index contributed by atoms with van der Waals surface area (Å²) < 4.78 is 2.14. The molecule has 1 aromatic heterocycles. The third-order valence-corrected chi connectivity index (χ3v) is 5.00. The third kappa shape index (κ3) is 3.48. The Kier molecular flexibility index (Phi) is 4.60. The van der Waals surface area contributed by atoms with Gasteiger partial charge >= 0.3 is 0 Å². The van der Waals surface area contributed by atoms with Crippen LogP contribution < -0.4 is 0 Å². The molecule has 0 amide bonds. The molecule has 0 bridgehead atoms. The number of nitrogens with zero attached hydrogens (tertiary/aromatic N) is 3. The Labute approximate surface area is 166 Å². The molecule has 0 atom stereocenters. The Morgan fingerprint density at radius 3 is 1.64 bits per heavy atom. The fourth-order valence-electron chi connectivity index (χ4n) is 3.30. The number of benzene rings is 3. The smallest absolute Gasteiger partial charge is 0.168 e. The molecule has 0 aliphatic carbocycles. The second-order valence-electron chi connectivity index (χ2n) is 8.21. The summed E-state index contributed by atoms with van der Waals surface area (Å²) in [5, 5.41) is 9.12. The fourth-order valence-corrected chi connectivity index (χ4v) is 3.30. The van der Waals surface area contributed by atoms with E-state index in [1.807, 2.05) is 18.2 Å². The van der Waals surface area contributed by atoms with Crippen molar-refractivity contribution in [3.8, 4) is 28.5 Å². The normalized spacial score (nSPS) is 11.6. The van der Waals surface area contributed by atoms with Gasteiger partial charge in [-0.2, -0.15) is 0 Å². The van der Waals surface area contributed by atoms with Gasteiger partial charge in [-0.15, -0.1) is 10.2 Å². The topological polar surface area (TPSA) is 30.7 Å². The zero-order valence-electron chi connectivity index (χ0n) is 16.8. The number of para-hydroxylation sites is 1. The summed E-state index contributed by atoms with van der Waals surface area (Å²) in [7, 11) is 0. The maximum atomic E-state index is 4.57. The predicted molar refractivity (Wildman–Crippen MR) is 116 cm³/mol. The van der Waals surface area contributed by atoms with Crippen molar-refractivity contribution in [2.75, 3.05) is 0 Å². The van der Waals surface area contributed by atoms with Gasteiger partial charge in [0.1, 0.15) is 0 Å². The molecule has 140 valence electrons. The molecule has 4 rings (SSSR count). The van der Waals surface area contributed by atoms with Gasteiger partial charge in [-0.25, -0.2) is 0 Å². The minimum atomic E-state index is 0.124. The summed E-state index contributed by atoms with van der Waals surface area (Å²) in [5.74, 6) is 1.70. The van der Waals surface area contributed by atoms with E-state index >= 15 is 0 Å². The summed E-state index contributed by atoms with van der Waals surface area (Å²) in [4.78, 5) is 0. The van der Waals surface area contributed by atoms with Crippen LogP contribution in [0.2, 0.25) is 0 Å². The van der Waals surface area contributed by atoms with E-state index in [0.717, 1.165) is 28.5 Å². The van der Waals surface area contributed by atoms with E-state index in [1.165, 1.54) is 11.1 Å². The zero-order valence-corrected chi connectivity index (χ0v) is 16.8. The highest BCUT2D eigenvalue weighted by atomic mass is 15.3. The Hall–Kier alpha value is -3.20. The first kappa shape index (κ1) is 18.2. The second-order valence-corrected chi connectivity index (χ2v) is 8.21. The van der Waals surface area contributed by atoms with Crippen molar-refractivity contribution in [1.82, 2.24) is 14.8 Å². The van der Waals surface area contributed by atoms with Crippen molar-refractivity contribution in [3.63, 3.8) is 0 Å². The van der Waals surface area contributed by atoms with Gasteiger partial charge in [0.05, 0.1) is 0 Å². The first-order valence-electron chi connectivity index (χ1n) is 9.62. The van der Waals surface area contributed by atoms with Crippen LogP contribution in [0.4, 0.5) is 0 Å². The maximum Gasteiger partial charge on any atom is 0.168 e. The lowest BCUT2D eigenvalue weighted by molar-refractivity contribution is 0.590. The van der Waals surface area contributed by atoms with Gasteiger partial charge in [0, 0.05) is 16.8 Å². The fraction of sp³-hybridized carbons (Fsp3) is 0.200. The van der Waals surface area contributed by atoms with Gasteiger partial charge < -0.3 is 0 Å². The van der Waals surface area contributed by atoms with Crippen LogP contribution >= 0.6 is 0 Å². The highest BCUT2D eigenvalue weighted by molar-refractivity contribution is 5.67. The lowest BCUT2D eigenvalue weighted by atomic mass is 9.86. The number of rotatable bonds is 3. The molecule has 1 heterocycles. The molecule has 0 fully saturated rings. The first-order valence-corrected chi connectivity index (χ1v) is 9.62. The summed E-state index contributed by atoms with van der Waals surface area (Å²) in [6.07, 6.45) is 0. The van der Waals surface area contributed by atoms with Crippen LogP contribution in [0.5, 0.6) is 0 Å². The lowest BCUT2D eigenvalue weighted by Crippen LogP contribution is -2.10. The highest BCUT2D eigenvalue weighted by Crippen LogP contribution is 2.30. The van der Waals surface area contributed by atoms with Crippen molar-refractivity contribution in [1.29, 1.82) is 0 Å². The molecule has 0 aliphatic heterocycles. The molecule has 0 N–H and O–H groups in total. The van der Waals surface area contributed by atoms with Gasteiger partial charge in [0.2, 0.25) is 0 Å². The SMILES string of the molecule is Cc1ccc(-c2nnc(-c3ccc(C(C)(C)C)cc3)n2-c2ccccc2)cc1. The maximum absolute atomic E-state index is 4.57. The van der Waals surface area contributed by atoms with E-state index in [9.17, 15) is 0 Å². The zero-order chi connectivity index (χ0) is 19.7. The van der Waals surface area contributed by atoms with Gasteiger partial charge in [0.25, 0.3) is 0 Å². The van der Waals surface area contributed by atoms with Gasteiger partial charge in [-0.1, -0.05) is 93.1 Å². The average molecular weight is 367 g/mol. The molecule has 3 heteroatoms. The molecule has 0 spiro atoms. The molecule has 4 aromatic rings. The van der Waals surface area contributed by atoms with Gasteiger partial charge in [0.15, 0.2) is 11.6 Å². The second kappa shape index (κ2) is 7.08. The Morgan fingerprint density at radius 2 is 1.14 bits per heavy atom. The van der Waals surface area contributed by atoms with Crippen molar-refractivity contribution >= 4 is 0 Å². The van der Waals surface area contributed by atoms with Gasteiger partial charge in [-0.05, 0) is 30.0 Å². The molecule has 0 radical (unpaired) electrons. The van der Waals surface area contributed by atoms with Crippen LogP contribution in [0.25, 0.3) is 28.5 Å². The number of aromatic nitrogens is 3. The molecule has 0 unspecified atom stereocenters. The van der Waals surface area contributed by atoms with E-state index in [-0.39, 0.29) is 5.41 Å². The Morgan fingerprint density at radius 1 is 0.643 bits per heavy atom. The molecule has 0 aliphatic rings. The molecular weight excluding hydrogens is 342 g/mol. The minimum absolute atomic E-state index is 0.124. The van der Waals surface area contributed by atoms with E-state index in [1.54, 1.807) is 0 Å². The van der Waals surface area contributed by atoms with Crippen LogP contribution in [-0.2, 0) is 5.41 Å². The monoisotopic (exact) mass is 367 g/mol. The molecule has 0 saturated heterocycles. The average Bonchev–Trinajstić information content (AvgIpc) is 3.14. The summed E-state index contributed by atoms with van der Waals surface area (Å²) in [6.45, 7) is 8.77. The molecular formula is C25H25N3. The number of hydrogen-bond donors (Lipinski definition) is 0. The van der Waals surface area contributed by atoms with E-state index in [4.69, 9.17) is 0 Å². The molecule has 28 heavy (non-hydrogen) atoms. The minimum Gasteiger partial charge on any atom is -0.275 e. The van der Waals surface area contributed by atoms with Gasteiger partial charge in [-0.3, -0.25) is 4.57 Å². The van der Waals surface area contributed by atoms with E-state index in [2.05, 4.69) is 103 Å². The van der Waals surface area contributed by atoms with E-state index in [0.29, 0.717) is 0 Å². The quantitative estimate of drug-likeness (QED) is 0.431. The first-order chi connectivity index (χ1) is 13.4. The third-order valence-electron chi connectivity index (χ3n) is 5.00. The number of aryl methyl sites for hydroxylation is 1. The predicted octanol–water partition coefficient (Wildman–Crippen LogP) is 6.21. The Balaban J connectivity index is 1.87. The molecule has 3 nitrogen and oxygen atoms in total. The summed E-state index contributed by atoms with van der Waals surface area (Å²) in [5.41, 5.74) is 5.83. The van der Waals surface area contributed by atoms with Crippen LogP contribution in [-0.4, -0.2) is 14.8 Å². The van der Waals surface area contributed by atoms with Crippen LogP contribution in [0.3, 0.4) is 0 Å². The van der Waals surface area contributed by atoms with Crippen LogP contribution in [0, 0.1) is 6.92 Å². The Bertz CT molecular complexity index is 1070. The van der Waals surface area contributed by atoms with Crippen molar-refractivity contribution in [2.45, 2.75) is 33.1 Å². The molecule has 3 aromatic carbocycles. The van der Waals surface area contributed by atoms with Crippen LogP contribution in [0.1, 0.15) is 31.9 Å². The highest BCUT2D eigenvalue weighted by Gasteiger charge is 2.18. The molecule has 0 saturated carbocycles. The largest absolute Gasteiger partial charge is 0.275 e. The van der Waals surface area contributed by atoms with Crippen molar-refractivity contribution in [2.24, 2.45) is 0 Å². The van der Waals surface area contributed by atoms with Crippen molar-refractivity contribution in [3.05, 3.63) is 90.0 Å². The summed E-state index contributed by atoms with van der Waals surface area (Å²) in [6, 6.07) is 27.4. The van der Waals surface area contributed by atoms with Crippen LogP contribution in [0.15, 0.2) is 78.9 Å². The summed E-state index contributed by atoms with van der Waals surface area (Å²) >= 11 is 0. The van der Waals surface area contributed by atoms with E-state index < -0.39 is 0 Å². The lowest BCUT2D eigenvalue weighted by Gasteiger charge is -2.19.